The van der Waals surface area contributed by atoms with E-state index in [1.54, 1.807) is 0 Å². The van der Waals surface area contributed by atoms with Crippen LogP contribution < -0.4 is 10.2 Å². The molecule has 182 valence electrons. The Morgan fingerprint density at radius 1 is 1.00 bits per heavy atom. The Labute approximate surface area is 213 Å². The third-order valence-corrected chi connectivity index (χ3v) is 7.68. The number of hydrogen-bond acceptors (Lipinski definition) is 4. The first-order valence-corrected chi connectivity index (χ1v) is 13.0. The lowest BCUT2D eigenvalue weighted by molar-refractivity contribution is -0.124. The van der Waals surface area contributed by atoms with Gasteiger partial charge in [0.25, 0.3) is 0 Å². The predicted molar refractivity (Wildman–Crippen MR) is 142 cm³/mol. The quantitative estimate of drug-likeness (QED) is 0.553. The van der Waals surface area contributed by atoms with Crippen molar-refractivity contribution in [2.45, 2.75) is 26.3 Å². The van der Waals surface area contributed by atoms with E-state index in [9.17, 15) is 4.79 Å². The SMILES string of the molecule is CCCN1C(c2ccccc2)=CC(C(=O)NCCN2CCN(c3cccc(Cl)c3Cl)CC2)C1C. The molecule has 0 bridgehead atoms. The first kappa shape index (κ1) is 24.9. The molecule has 0 aromatic heterocycles. The molecule has 0 saturated carbocycles. The number of nitrogens with zero attached hydrogens (tertiary/aromatic N) is 3. The van der Waals surface area contributed by atoms with Gasteiger partial charge in [-0.05, 0) is 37.1 Å². The summed E-state index contributed by atoms with van der Waals surface area (Å²) in [5.74, 6) is -0.0209. The molecule has 2 aliphatic heterocycles. The van der Waals surface area contributed by atoms with Crippen LogP contribution in [-0.2, 0) is 4.79 Å². The Balaban J connectivity index is 1.28. The van der Waals surface area contributed by atoms with Crippen molar-refractivity contribution in [1.29, 1.82) is 0 Å². The average molecular weight is 502 g/mol. The molecule has 2 unspecified atom stereocenters. The monoisotopic (exact) mass is 500 g/mol. The van der Waals surface area contributed by atoms with Crippen LogP contribution in [0.3, 0.4) is 0 Å². The first-order chi connectivity index (χ1) is 16.5. The van der Waals surface area contributed by atoms with Gasteiger partial charge in [0.15, 0.2) is 0 Å². The normalized spacial score (nSPS) is 21.0. The number of halogens is 2. The molecule has 7 heteroatoms. The third kappa shape index (κ3) is 5.54. The Hall–Kier alpha value is -2.21. The molecule has 0 radical (unpaired) electrons. The maximum Gasteiger partial charge on any atom is 0.229 e. The Bertz CT molecular complexity index is 1000. The maximum atomic E-state index is 13.1. The third-order valence-electron chi connectivity index (χ3n) is 6.87. The molecular weight excluding hydrogens is 467 g/mol. The van der Waals surface area contributed by atoms with Crippen LogP contribution in [0.4, 0.5) is 5.69 Å². The zero-order chi connectivity index (χ0) is 24.1. The summed E-state index contributed by atoms with van der Waals surface area (Å²) in [5, 5.41) is 4.40. The maximum absolute atomic E-state index is 13.1. The Morgan fingerprint density at radius 2 is 1.74 bits per heavy atom. The van der Waals surface area contributed by atoms with Crippen molar-refractivity contribution in [2.75, 3.05) is 50.7 Å². The van der Waals surface area contributed by atoms with Crippen LogP contribution in [-0.4, -0.2) is 67.6 Å². The summed E-state index contributed by atoms with van der Waals surface area (Å²) in [6.07, 6.45) is 3.20. The molecule has 2 aromatic carbocycles. The van der Waals surface area contributed by atoms with Gasteiger partial charge in [-0.25, -0.2) is 0 Å². The number of rotatable bonds is 8. The highest BCUT2D eigenvalue weighted by molar-refractivity contribution is 6.43. The summed E-state index contributed by atoms with van der Waals surface area (Å²) < 4.78 is 0. The number of anilines is 1. The topological polar surface area (TPSA) is 38.8 Å². The van der Waals surface area contributed by atoms with E-state index in [0.29, 0.717) is 16.6 Å². The fourth-order valence-corrected chi connectivity index (χ4v) is 5.37. The predicted octanol–water partition coefficient (Wildman–Crippen LogP) is 5.00. The van der Waals surface area contributed by atoms with Crippen molar-refractivity contribution in [1.82, 2.24) is 15.1 Å². The van der Waals surface area contributed by atoms with Crippen LogP contribution in [0.1, 0.15) is 25.8 Å². The number of amides is 1. The first-order valence-electron chi connectivity index (χ1n) is 12.2. The van der Waals surface area contributed by atoms with Gasteiger partial charge >= 0.3 is 0 Å². The van der Waals surface area contributed by atoms with E-state index in [1.807, 2.05) is 24.3 Å². The van der Waals surface area contributed by atoms with Crippen LogP contribution in [0.5, 0.6) is 0 Å². The number of piperazine rings is 1. The molecule has 0 spiro atoms. The lowest BCUT2D eigenvalue weighted by atomic mass is 10.0. The molecule has 1 N–H and O–H groups in total. The van der Waals surface area contributed by atoms with Gasteiger partial charge < -0.3 is 15.1 Å². The molecule has 34 heavy (non-hydrogen) atoms. The van der Waals surface area contributed by atoms with Gasteiger partial charge in [-0.3, -0.25) is 9.69 Å². The molecule has 0 aliphatic carbocycles. The van der Waals surface area contributed by atoms with Crippen LogP contribution in [0.25, 0.3) is 5.70 Å². The zero-order valence-corrected chi connectivity index (χ0v) is 21.5. The summed E-state index contributed by atoms with van der Waals surface area (Å²) in [4.78, 5) is 20.1. The van der Waals surface area contributed by atoms with Crippen molar-refractivity contribution in [3.05, 3.63) is 70.2 Å². The van der Waals surface area contributed by atoms with E-state index >= 15 is 0 Å². The number of carbonyl (C=O) groups excluding carboxylic acids is 1. The minimum atomic E-state index is -0.136. The highest BCUT2D eigenvalue weighted by atomic mass is 35.5. The minimum absolute atomic E-state index is 0.115. The fourth-order valence-electron chi connectivity index (χ4n) is 4.95. The van der Waals surface area contributed by atoms with E-state index in [4.69, 9.17) is 23.2 Å². The van der Waals surface area contributed by atoms with Crippen molar-refractivity contribution in [3.8, 4) is 0 Å². The highest BCUT2D eigenvalue weighted by Crippen LogP contribution is 2.34. The van der Waals surface area contributed by atoms with Crippen molar-refractivity contribution in [3.63, 3.8) is 0 Å². The molecule has 2 atom stereocenters. The zero-order valence-electron chi connectivity index (χ0n) is 20.0. The second-order valence-corrected chi connectivity index (χ2v) is 9.86. The van der Waals surface area contributed by atoms with E-state index in [2.05, 4.69) is 64.2 Å². The van der Waals surface area contributed by atoms with E-state index < -0.39 is 0 Å². The lowest BCUT2D eigenvalue weighted by Crippen LogP contribution is -2.49. The fraction of sp³-hybridized carbons (Fsp3) is 0.444. The van der Waals surface area contributed by atoms with Gasteiger partial charge in [0.05, 0.1) is 21.7 Å². The van der Waals surface area contributed by atoms with Crippen molar-refractivity contribution < 1.29 is 4.79 Å². The van der Waals surface area contributed by atoms with Gasteiger partial charge in [0, 0.05) is 57.6 Å². The molecule has 5 nitrogen and oxygen atoms in total. The van der Waals surface area contributed by atoms with Gasteiger partial charge in [0.2, 0.25) is 5.91 Å². The molecule has 1 saturated heterocycles. The van der Waals surface area contributed by atoms with E-state index in [0.717, 1.165) is 51.4 Å². The number of hydrogen-bond donors (Lipinski definition) is 1. The van der Waals surface area contributed by atoms with E-state index in [1.165, 1.54) is 11.3 Å². The molecule has 2 aliphatic rings. The molecule has 2 aromatic rings. The van der Waals surface area contributed by atoms with Crippen molar-refractivity contribution in [2.24, 2.45) is 5.92 Å². The smallest absolute Gasteiger partial charge is 0.229 e. The van der Waals surface area contributed by atoms with E-state index in [-0.39, 0.29) is 17.9 Å². The van der Waals surface area contributed by atoms with Crippen LogP contribution in [0, 0.1) is 5.92 Å². The number of carbonyl (C=O) groups is 1. The Morgan fingerprint density at radius 3 is 2.44 bits per heavy atom. The highest BCUT2D eigenvalue weighted by Gasteiger charge is 2.35. The van der Waals surface area contributed by atoms with Crippen LogP contribution in [0.2, 0.25) is 10.0 Å². The molecule has 2 heterocycles. The standard InChI is InChI=1S/C27H34Cl2N4O/c1-3-13-33-20(2)22(19-25(33)21-8-5-4-6-9-21)27(34)30-12-14-31-15-17-32(18-16-31)24-11-7-10-23(28)26(24)29/h4-11,19-20,22H,3,12-18H2,1-2H3,(H,30,34). The van der Waals surface area contributed by atoms with Gasteiger partial charge in [-0.15, -0.1) is 0 Å². The Kier molecular flexibility index (Phi) is 8.41. The summed E-state index contributed by atoms with van der Waals surface area (Å²) in [6, 6.07) is 16.3. The lowest BCUT2D eigenvalue weighted by Gasteiger charge is -2.36. The number of benzene rings is 2. The molecule has 1 amide bonds. The largest absolute Gasteiger partial charge is 0.368 e. The minimum Gasteiger partial charge on any atom is -0.368 e. The van der Waals surface area contributed by atoms with Gasteiger partial charge in [-0.1, -0.05) is 66.5 Å². The molecule has 1 fully saturated rings. The van der Waals surface area contributed by atoms with Gasteiger partial charge in [-0.2, -0.15) is 0 Å². The van der Waals surface area contributed by atoms with Gasteiger partial charge in [0.1, 0.15) is 0 Å². The summed E-state index contributed by atoms with van der Waals surface area (Å²) in [6.45, 7) is 10.4. The second kappa shape index (κ2) is 11.5. The van der Waals surface area contributed by atoms with Crippen LogP contribution >= 0.6 is 23.2 Å². The number of nitrogens with one attached hydrogen (secondary N) is 1. The second-order valence-electron chi connectivity index (χ2n) is 9.07. The van der Waals surface area contributed by atoms with Crippen molar-refractivity contribution >= 4 is 40.5 Å². The summed E-state index contributed by atoms with van der Waals surface area (Å²) in [5.41, 5.74) is 3.34. The molecule has 4 rings (SSSR count). The summed E-state index contributed by atoms with van der Waals surface area (Å²) in [7, 11) is 0. The average Bonchev–Trinajstić information content (AvgIpc) is 3.18. The van der Waals surface area contributed by atoms with Crippen LogP contribution in [0.15, 0.2) is 54.6 Å². The molecular formula is C27H34Cl2N4O. The summed E-state index contributed by atoms with van der Waals surface area (Å²) >= 11 is 12.6.